The Balaban J connectivity index is 1.32. The molecular formula is C28H21NO5. The second kappa shape index (κ2) is 9.19. The smallest absolute Gasteiger partial charge is 0.337 e. The average Bonchev–Trinajstić information content (AvgIpc) is 2.89. The van der Waals surface area contributed by atoms with E-state index < -0.39 is 5.97 Å². The van der Waals surface area contributed by atoms with Gasteiger partial charge in [-0.25, -0.2) is 9.78 Å². The maximum atomic E-state index is 13.1. The molecule has 168 valence electrons. The molecule has 1 aliphatic rings. The van der Waals surface area contributed by atoms with E-state index in [9.17, 15) is 9.59 Å². The Labute approximate surface area is 196 Å². The minimum atomic E-state index is -0.406. The van der Waals surface area contributed by atoms with Crippen molar-refractivity contribution in [2.24, 2.45) is 0 Å². The molecule has 6 heteroatoms. The molecule has 1 aliphatic heterocycles. The summed E-state index contributed by atoms with van der Waals surface area (Å²) in [4.78, 5) is 29.4. The van der Waals surface area contributed by atoms with Gasteiger partial charge < -0.3 is 14.2 Å². The summed E-state index contributed by atoms with van der Waals surface area (Å²) in [5.74, 6) is 0.568. The summed E-state index contributed by atoms with van der Waals surface area (Å²) in [5, 5.41) is 1.07. The van der Waals surface area contributed by atoms with E-state index in [1.807, 2.05) is 36.4 Å². The number of esters is 1. The van der Waals surface area contributed by atoms with Crippen LogP contribution < -0.4 is 9.47 Å². The third-order valence-electron chi connectivity index (χ3n) is 5.59. The number of carbonyl (C=O) groups excluding carboxylic acids is 2. The number of benzene rings is 3. The number of ether oxygens (including phenoxy) is 3. The number of carbonyl (C=O) groups is 2. The molecule has 0 N–H and O–H groups in total. The fourth-order valence-electron chi connectivity index (χ4n) is 3.78. The van der Waals surface area contributed by atoms with Gasteiger partial charge in [-0.1, -0.05) is 36.4 Å². The van der Waals surface area contributed by atoms with Gasteiger partial charge in [0.05, 0.1) is 29.4 Å². The maximum Gasteiger partial charge on any atom is 0.337 e. The van der Waals surface area contributed by atoms with E-state index in [1.54, 1.807) is 48.5 Å². The monoisotopic (exact) mass is 451 g/mol. The molecule has 0 aliphatic carbocycles. The van der Waals surface area contributed by atoms with Crippen molar-refractivity contribution in [3.8, 4) is 11.5 Å². The molecule has 0 spiro atoms. The van der Waals surface area contributed by atoms with Crippen molar-refractivity contribution < 1.29 is 23.8 Å². The molecule has 6 nitrogen and oxygen atoms in total. The molecule has 4 aromatic rings. The van der Waals surface area contributed by atoms with Gasteiger partial charge >= 0.3 is 5.97 Å². The lowest BCUT2D eigenvalue weighted by Crippen LogP contribution is -2.19. The maximum absolute atomic E-state index is 13.1. The highest BCUT2D eigenvalue weighted by molar-refractivity contribution is 6.14. The number of fused-ring (bicyclic) bond motifs is 2. The van der Waals surface area contributed by atoms with Gasteiger partial charge in [-0.3, -0.25) is 4.79 Å². The molecule has 3 aromatic carbocycles. The van der Waals surface area contributed by atoms with Crippen molar-refractivity contribution in [2.75, 3.05) is 13.7 Å². The van der Waals surface area contributed by atoms with E-state index in [4.69, 9.17) is 14.2 Å². The highest BCUT2D eigenvalue weighted by Crippen LogP contribution is 2.31. The van der Waals surface area contributed by atoms with Crippen LogP contribution in [0.2, 0.25) is 0 Å². The van der Waals surface area contributed by atoms with Crippen LogP contribution in [-0.2, 0) is 11.3 Å². The SMILES string of the molecule is COC(=O)c1ccc(C=C2COc3ccc(OCc4ccc5ccccc5n4)cc3C2=O)cc1. The summed E-state index contributed by atoms with van der Waals surface area (Å²) >= 11 is 0. The molecule has 0 atom stereocenters. The molecule has 0 radical (unpaired) electrons. The Bertz CT molecular complexity index is 1420. The first-order valence-corrected chi connectivity index (χ1v) is 10.8. The minimum absolute atomic E-state index is 0.118. The zero-order valence-electron chi connectivity index (χ0n) is 18.5. The van der Waals surface area contributed by atoms with Gasteiger partial charge in [0.15, 0.2) is 5.78 Å². The lowest BCUT2D eigenvalue weighted by molar-refractivity contribution is 0.0600. The summed E-state index contributed by atoms with van der Waals surface area (Å²) in [6.07, 6.45) is 1.76. The highest BCUT2D eigenvalue weighted by Gasteiger charge is 2.24. The molecule has 5 rings (SSSR count). The lowest BCUT2D eigenvalue weighted by Gasteiger charge is -2.19. The van der Waals surface area contributed by atoms with Crippen LogP contribution in [0.15, 0.2) is 84.4 Å². The Morgan fingerprint density at radius 1 is 1.03 bits per heavy atom. The van der Waals surface area contributed by atoms with Crippen molar-refractivity contribution in [2.45, 2.75) is 6.61 Å². The largest absolute Gasteiger partial charge is 0.488 e. The first kappa shape index (κ1) is 21.4. The second-order valence-corrected chi connectivity index (χ2v) is 7.84. The molecule has 0 saturated carbocycles. The number of aromatic nitrogens is 1. The molecular weight excluding hydrogens is 430 g/mol. The standard InChI is InChI=1S/C28H21NO5/c1-32-28(31)20-8-6-18(7-9-20)14-21-16-34-26-13-12-23(15-24(26)27(21)30)33-17-22-11-10-19-4-2-3-5-25(19)29-22/h2-15H,16-17H2,1H3. The number of pyridine rings is 1. The van der Waals surface area contributed by atoms with E-state index in [0.717, 1.165) is 22.2 Å². The van der Waals surface area contributed by atoms with Crippen LogP contribution >= 0.6 is 0 Å². The fraction of sp³-hybridized carbons (Fsp3) is 0.107. The van der Waals surface area contributed by atoms with Gasteiger partial charge in [-0.05, 0) is 54.1 Å². The molecule has 0 unspecified atom stereocenters. The minimum Gasteiger partial charge on any atom is -0.488 e. The van der Waals surface area contributed by atoms with Crippen LogP contribution in [0.1, 0.15) is 32.0 Å². The quantitative estimate of drug-likeness (QED) is 0.304. The van der Waals surface area contributed by atoms with Gasteiger partial charge in [-0.2, -0.15) is 0 Å². The topological polar surface area (TPSA) is 74.7 Å². The fourth-order valence-corrected chi connectivity index (χ4v) is 3.78. The number of ketones is 1. The van der Waals surface area contributed by atoms with E-state index >= 15 is 0 Å². The van der Waals surface area contributed by atoms with Gasteiger partial charge in [0, 0.05) is 11.0 Å². The molecule has 0 bridgehead atoms. The van der Waals surface area contributed by atoms with Crippen molar-refractivity contribution in [1.82, 2.24) is 4.98 Å². The van der Waals surface area contributed by atoms with Crippen LogP contribution in [0.3, 0.4) is 0 Å². The number of para-hydroxylation sites is 1. The molecule has 0 saturated heterocycles. The zero-order valence-corrected chi connectivity index (χ0v) is 18.5. The van der Waals surface area contributed by atoms with Crippen molar-refractivity contribution >= 4 is 28.7 Å². The summed E-state index contributed by atoms with van der Waals surface area (Å²) in [5.41, 5.74) is 3.92. The molecule has 2 heterocycles. The van der Waals surface area contributed by atoms with Gasteiger partial charge in [0.2, 0.25) is 0 Å². The van der Waals surface area contributed by atoms with E-state index in [2.05, 4.69) is 4.98 Å². The Kier molecular flexibility index (Phi) is 5.79. The number of hydrogen-bond acceptors (Lipinski definition) is 6. The lowest BCUT2D eigenvalue weighted by atomic mass is 9.98. The van der Waals surface area contributed by atoms with Crippen molar-refractivity contribution in [1.29, 1.82) is 0 Å². The Morgan fingerprint density at radius 2 is 1.85 bits per heavy atom. The van der Waals surface area contributed by atoms with Crippen LogP contribution in [0.4, 0.5) is 0 Å². The Morgan fingerprint density at radius 3 is 2.68 bits per heavy atom. The average molecular weight is 451 g/mol. The van der Waals surface area contributed by atoms with Gasteiger partial charge in [0.25, 0.3) is 0 Å². The third kappa shape index (κ3) is 4.38. The number of methoxy groups -OCH3 is 1. The first-order valence-electron chi connectivity index (χ1n) is 10.8. The highest BCUT2D eigenvalue weighted by atomic mass is 16.5. The predicted molar refractivity (Wildman–Crippen MR) is 128 cm³/mol. The number of nitrogens with zero attached hydrogens (tertiary/aromatic N) is 1. The predicted octanol–water partition coefficient (Wildman–Crippen LogP) is 5.26. The van der Waals surface area contributed by atoms with Gasteiger partial charge in [-0.15, -0.1) is 0 Å². The number of hydrogen-bond donors (Lipinski definition) is 0. The van der Waals surface area contributed by atoms with E-state index in [0.29, 0.717) is 28.2 Å². The van der Waals surface area contributed by atoms with Crippen molar-refractivity contribution in [3.05, 3.63) is 107 Å². The third-order valence-corrected chi connectivity index (χ3v) is 5.59. The first-order chi connectivity index (χ1) is 16.6. The van der Waals surface area contributed by atoms with Crippen LogP contribution in [0.25, 0.3) is 17.0 Å². The number of rotatable bonds is 5. The van der Waals surface area contributed by atoms with Crippen LogP contribution in [0, 0.1) is 0 Å². The van der Waals surface area contributed by atoms with Crippen LogP contribution in [0.5, 0.6) is 11.5 Å². The summed E-state index contributed by atoms with van der Waals surface area (Å²) in [7, 11) is 1.34. The molecule has 0 fully saturated rings. The molecule has 34 heavy (non-hydrogen) atoms. The summed E-state index contributed by atoms with van der Waals surface area (Å²) < 4.78 is 16.4. The Hall–Kier alpha value is -4.45. The normalized spacial score (nSPS) is 13.9. The number of Topliss-reactive ketones (excluding diaryl/α,β-unsaturated/α-hetero) is 1. The van der Waals surface area contributed by atoms with Crippen LogP contribution in [-0.4, -0.2) is 30.5 Å². The van der Waals surface area contributed by atoms with E-state index in [1.165, 1.54) is 7.11 Å². The molecule has 0 amide bonds. The second-order valence-electron chi connectivity index (χ2n) is 7.84. The summed E-state index contributed by atoms with van der Waals surface area (Å²) in [6.45, 7) is 0.458. The van der Waals surface area contributed by atoms with E-state index in [-0.39, 0.29) is 19.0 Å². The van der Waals surface area contributed by atoms with Gasteiger partial charge in [0.1, 0.15) is 24.7 Å². The zero-order chi connectivity index (χ0) is 23.5. The molecule has 1 aromatic heterocycles. The summed E-state index contributed by atoms with van der Waals surface area (Å²) in [6, 6.07) is 23.9. The van der Waals surface area contributed by atoms with Crippen molar-refractivity contribution in [3.63, 3.8) is 0 Å².